The number of nitrogens with two attached hydrogens (primary N) is 1. The molecule has 0 saturated heterocycles. The Hall–Kier alpha value is -1.10. The number of hydrogen-bond donors (Lipinski definition) is 2. The highest BCUT2D eigenvalue weighted by Gasteiger charge is 2.18. The summed E-state index contributed by atoms with van der Waals surface area (Å²) < 4.78 is 5.15. The van der Waals surface area contributed by atoms with Gasteiger partial charge in [0, 0.05) is 6.04 Å². The minimum absolute atomic E-state index is 0.250. The summed E-state index contributed by atoms with van der Waals surface area (Å²) in [6.45, 7) is 2.83. The molecule has 0 fully saturated rings. The van der Waals surface area contributed by atoms with E-state index >= 15 is 0 Å². The number of nitrogens with zero attached hydrogens (tertiary/aromatic N) is 1. The lowest BCUT2D eigenvalue weighted by Crippen LogP contribution is -2.32. The molecule has 4 nitrogen and oxygen atoms in total. The summed E-state index contributed by atoms with van der Waals surface area (Å²) in [5.41, 5.74) is 7.91. The van der Waals surface area contributed by atoms with Gasteiger partial charge in [0.2, 0.25) is 0 Å². The van der Waals surface area contributed by atoms with Crippen LogP contribution in [0.4, 0.5) is 0 Å². The van der Waals surface area contributed by atoms with Crippen LogP contribution in [0.5, 0.6) is 5.75 Å². The lowest BCUT2D eigenvalue weighted by Gasteiger charge is -2.22. The second-order valence-corrected chi connectivity index (χ2v) is 4.92. The third-order valence-corrected chi connectivity index (χ3v) is 3.11. The number of aliphatic hydroxyl groups is 1. The van der Waals surface area contributed by atoms with Crippen LogP contribution in [0.25, 0.3) is 0 Å². The van der Waals surface area contributed by atoms with Crippen LogP contribution in [0, 0.1) is 6.92 Å². The van der Waals surface area contributed by atoms with Crippen LogP contribution in [-0.2, 0) is 0 Å². The molecule has 0 radical (unpaired) electrons. The molecule has 2 unspecified atom stereocenters. The molecule has 0 saturated carbocycles. The zero-order chi connectivity index (χ0) is 13.7. The number of aryl methyl sites for hydroxylation is 1. The van der Waals surface area contributed by atoms with Crippen molar-refractivity contribution in [1.29, 1.82) is 0 Å². The van der Waals surface area contributed by atoms with E-state index in [-0.39, 0.29) is 6.04 Å². The highest BCUT2D eigenvalue weighted by atomic mass is 16.5. The van der Waals surface area contributed by atoms with E-state index < -0.39 is 6.10 Å². The third-order valence-electron chi connectivity index (χ3n) is 3.11. The van der Waals surface area contributed by atoms with E-state index in [4.69, 9.17) is 10.5 Å². The predicted octanol–water partition coefficient (Wildman–Crippen LogP) is 1.32. The second kappa shape index (κ2) is 6.73. The van der Waals surface area contributed by atoms with Crippen LogP contribution in [0.2, 0.25) is 0 Å². The van der Waals surface area contributed by atoms with Gasteiger partial charge in [-0.1, -0.05) is 6.07 Å². The van der Waals surface area contributed by atoms with Crippen molar-refractivity contribution < 1.29 is 9.84 Å². The maximum absolute atomic E-state index is 10.3. The average Bonchev–Trinajstić information content (AvgIpc) is 2.34. The standard InChI is InChI=1S/C14H24N2O2/c1-10-9-11(18-4)5-6-12(10)14(17)13(15)7-8-16(2)3/h5-6,9,13-14,17H,7-8,15H2,1-4H3. The minimum atomic E-state index is -0.629. The molecular formula is C14H24N2O2. The second-order valence-electron chi connectivity index (χ2n) is 4.92. The molecule has 0 amide bonds. The van der Waals surface area contributed by atoms with E-state index in [1.165, 1.54) is 0 Å². The number of rotatable bonds is 6. The van der Waals surface area contributed by atoms with Crippen LogP contribution >= 0.6 is 0 Å². The first-order valence-electron chi connectivity index (χ1n) is 6.18. The fourth-order valence-corrected chi connectivity index (χ4v) is 1.90. The molecule has 0 heterocycles. The van der Waals surface area contributed by atoms with E-state index in [0.29, 0.717) is 0 Å². The zero-order valence-corrected chi connectivity index (χ0v) is 11.7. The van der Waals surface area contributed by atoms with Crippen LogP contribution in [-0.4, -0.2) is 43.8 Å². The van der Waals surface area contributed by atoms with Gasteiger partial charge in [-0.2, -0.15) is 0 Å². The monoisotopic (exact) mass is 252 g/mol. The molecule has 1 aromatic carbocycles. The van der Waals surface area contributed by atoms with E-state index in [9.17, 15) is 5.11 Å². The SMILES string of the molecule is COc1ccc(C(O)C(N)CCN(C)C)c(C)c1. The fraction of sp³-hybridized carbons (Fsp3) is 0.571. The highest BCUT2D eigenvalue weighted by molar-refractivity contribution is 5.36. The first-order chi connectivity index (χ1) is 8.45. The summed E-state index contributed by atoms with van der Waals surface area (Å²) in [4.78, 5) is 2.06. The normalized spacial score (nSPS) is 14.6. The molecule has 0 spiro atoms. The van der Waals surface area contributed by atoms with Gasteiger partial charge in [0.25, 0.3) is 0 Å². The topological polar surface area (TPSA) is 58.7 Å². The van der Waals surface area contributed by atoms with Gasteiger partial charge in [-0.25, -0.2) is 0 Å². The molecule has 2 atom stereocenters. The van der Waals surface area contributed by atoms with Gasteiger partial charge in [-0.05, 0) is 57.2 Å². The van der Waals surface area contributed by atoms with Crippen molar-refractivity contribution in [2.75, 3.05) is 27.7 Å². The summed E-state index contributed by atoms with van der Waals surface area (Å²) in [6, 6.07) is 5.40. The van der Waals surface area contributed by atoms with Gasteiger partial charge in [0.05, 0.1) is 13.2 Å². The summed E-state index contributed by atoms with van der Waals surface area (Å²) in [7, 11) is 5.63. The first-order valence-corrected chi connectivity index (χ1v) is 6.18. The molecular weight excluding hydrogens is 228 g/mol. The van der Waals surface area contributed by atoms with E-state index in [1.54, 1.807) is 7.11 Å². The molecule has 0 bridgehead atoms. The summed E-state index contributed by atoms with van der Waals surface area (Å²) >= 11 is 0. The Morgan fingerprint density at radius 2 is 2.06 bits per heavy atom. The smallest absolute Gasteiger partial charge is 0.119 e. The Labute approximate surface area is 109 Å². The van der Waals surface area contributed by atoms with Gasteiger partial charge in [0.15, 0.2) is 0 Å². The third kappa shape index (κ3) is 3.98. The molecule has 1 rings (SSSR count). The molecule has 102 valence electrons. The summed E-state index contributed by atoms with van der Waals surface area (Å²) in [5, 5.41) is 10.3. The molecule has 4 heteroatoms. The van der Waals surface area contributed by atoms with E-state index in [0.717, 1.165) is 29.8 Å². The van der Waals surface area contributed by atoms with Crippen molar-refractivity contribution in [2.45, 2.75) is 25.5 Å². The molecule has 0 aromatic heterocycles. The van der Waals surface area contributed by atoms with Crippen molar-refractivity contribution >= 4 is 0 Å². The van der Waals surface area contributed by atoms with Gasteiger partial charge >= 0.3 is 0 Å². The van der Waals surface area contributed by atoms with Gasteiger partial charge < -0.3 is 20.5 Å². The maximum atomic E-state index is 10.3. The van der Waals surface area contributed by atoms with Crippen molar-refractivity contribution in [3.05, 3.63) is 29.3 Å². The van der Waals surface area contributed by atoms with Crippen molar-refractivity contribution in [1.82, 2.24) is 4.90 Å². The quantitative estimate of drug-likeness (QED) is 0.801. The molecule has 3 N–H and O–H groups in total. The number of methoxy groups -OCH3 is 1. The van der Waals surface area contributed by atoms with Crippen LogP contribution in [0.15, 0.2) is 18.2 Å². The summed E-state index contributed by atoms with van der Waals surface area (Å²) in [5.74, 6) is 0.797. The predicted molar refractivity (Wildman–Crippen MR) is 73.8 cm³/mol. The van der Waals surface area contributed by atoms with Gasteiger partial charge in [-0.15, -0.1) is 0 Å². The van der Waals surface area contributed by atoms with E-state index in [2.05, 4.69) is 4.90 Å². The molecule has 1 aromatic rings. The number of ether oxygens (including phenoxy) is 1. The lowest BCUT2D eigenvalue weighted by molar-refractivity contribution is 0.137. The lowest BCUT2D eigenvalue weighted by atomic mass is 9.96. The largest absolute Gasteiger partial charge is 0.497 e. The first kappa shape index (κ1) is 15.0. The Morgan fingerprint density at radius 1 is 1.39 bits per heavy atom. The summed E-state index contributed by atoms with van der Waals surface area (Å²) in [6.07, 6.45) is 0.135. The molecule has 18 heavy (non-hydrogen) atoms. The Balaban J connectivity index is 2.73. The molecule has 0 aliphatic carbocycles. The number of hydrogen-bond acceptors (Lipinski definition) is 4. The minimum Gasteiger partial charge on any atom is -0.497 e. The number of benzene rings is 1. The number of aliphatic hydroxyl groups excluding tert-OH is 1. The Morgan fingerprint density at radius 3 is 2.56 bits per heavy atom. The van der Waals surface area contributed by atoms with Crippen LogP contribution in [0.3, 0.4) is 0 Å². The van der Waals surface area contributed by atoms with Gasteiger partial charge in [0.1, 0.15) is 5.75 Å². The molecule has 0 aliphatic rings. The van der Waals surface area contributed by atoms with Crippen LogP contribution < -0.4 is 10.5 Å². The highest BCUT2D eigenvalue weighted by Crippen LogP contribution is 2.25. The van der Waals surface area contributed by atoms with Crippen molar-refractivity contribution in [3.63, 3.8) is 0 Å². The zero-order valence-electron chi connectivity index (χ0n) is 11.7. The van der Waals surface area contributed by atoms with E-state index in [1.807, 2.05) is 39.2 Å². The Bertz CT molecular complexity index is 380. The Kier molecular flexibility index (Phi) is 5.59. The maximum Gasteiger partial charge on any atom is 0.119 e. The average molecular weight is 252 g/mol. The van der Waals surface area contributed by atoms with Crippen LogP contribution in [0.1, 0.15) is 23.7 Å². The van der Waals surface area contributed by atoms with Gasteiger partial charge in [-0.3, -0.25) is 0 Å². The van der Waals surface area contributed by atoms with Crippen molar-refractivity contribution in [2.24, 2.45) is 5.73 Å². The fourth-order valence-electron chi connectivity index (χ4n) is 1.90. The molecule has 0 aliphatic heterocycles. The van der Waals surface area contributed by atoms with Crippen molar-refractivity contribution in [3.8, 4) is 5.75 Å².